The van der Waals surface area contributed by atoms with E-state index in [1.54, 1.807) is 30.3 Å². The van der Waals surface area contributed by atoms with Crippen molar-refractivity contribution in [3.8, 4) is 17.2 Å². The number of rotatable bonds is 16. The number of benzene rings is 6. The largest absolute Gasteiger partial charge is 0.492 e. The summed E-state index contributed by atoms with van der Waals surface area (Å²) in [5.74, 6) is -2.09. The van der Waals surface area contributed by atoms with Crippen LogP contribution in [0.25, 0.3) is 21.5 Å². The highest BCUT2D eigenvalue weighted by Gasteiger charge is 2.32. The van der Waals surface area contributed by atoms with Gasteiger partial charge in [0.05, 0.1) is 22.4 Å². The first-order chi connectivity index (χ1) is 29.4. The van der Waals surface area contributed by atoms with Crippen LogP contribution in [0.4, 0.5) is 18.9 Å². The normalized spacial score (nSPS) is 11.5. The van der Waals surface area contributed by atoms with Crippen molar-refractivity contribution in [3.05, 3.63) is 144 Å². The lowest BCUT2D eigenvalue weighted by Crippen LogP contribution is -2.49. The summed E-state index contributed by atoms with van der Waals surface area (Å²) in [5.41, 5.74) is -2.46. The van der Waals surface area contributed by atoms with Crippen molar-refractivity contribution in [2.24, 2.45) is 0 Å². The van der Waals surface area contributed by atoms with Gasteiger partial charge in [0, 0.05) is 17.3 Å². The molecule has 5 N–H and O–H groups in total. The molecule has 6 aromatic carbocycles. The third-order valence-corrected chi connectivity index (χ3v) is 9.42. The minimum absolute atomic E-state index is 0.00235. The van der Waals surface area contributed by atoms with E-state index < -0.39 is 46.6 Å². The molecule has 324 valence electrons. The molecule has 0 aromatic heterocycles. The van der Waals surface area contributed by atoms with E-state index >= 15 is 0 Å². The fraction of sp³-hybridized carbons (Fsp3) is 0.234. The Morgan fingerprint density at radius 1 is 0.532 bits per heavy atom. The number of anilines is 1. The van der Waals surface area contributed by atoms with Crippen molar-refractivity contribution in [2.45, 2.75) is 44.9 Å². The van der Waals surface area contributed by atoms with E-state index in [9.17, 15) is 42.6 Å². The monoisotopic (exact) mass is 853 g/mol. The zero-order valence-electron chi connectivity index (χ0n) is 34.3. The number of amides is 2. The van der Waals surface area contributed by atoms with E-state index in [1.807, 2.05) is 72.8 Å². The van der Waals surface area contributed by atoms with Gasteiger partial charge in [-0.05, 0) is 87.0 Å². The Labute approximate surface area is 355 Å². The Balaban J connectivity index is 0.000000236. The van der Waals surface area contributed by atoms with Crippen LogP contribution in [0.2, 0.25) is 0 Å². The molecule has 0 saturated heterocycles. The van der Waals surface area contributed by atoms with Crippen molar-refractivity contribution < 1.29 is 56.8 Å². The van der Waals surface area contributed by atoms with Gasteiger partial charge >= 0.3 is 18.1 Å². The number of halogens is 3. The molecule has 62 heavy (non-hydrogen) atoms. The van der Waals surface area contributed by atoms with Gasteiger partial charge in [-0.2, -0.15) is 13.2 Å². The van der Waals surface area contributed by atoms with Crippen molar-refractivity contribution in [1.82, 2.24) is 10.6 Å². The second-order valence-electron chi connectivity index (χ2n) is 14.9. The molecule has 0 aliphatic carbocycles. The number of carbonyl (C=O) groups is 4. The Kier molecular flexibility index (Phi) is 14.7. The SMILES string of the molecule is CC(C)(NC(=O)c1ccc2ccccc2c1NCCOc1ccccc1)C(=O)O.CC(C)(NC(=O)c1ccc2ccccc2c1OCCOc1ccc(C(F)(F)F)cc1)C(=O)O. The van der Waals surface area contributed by atoms with Gasteiger partial charge in [0.1, 0.15) is 48.1 Å². The van der Waals surface area contributed by atoms with Crippen LogP contribution < -0.4 is 30.2 Å². The maximum atomic E-state index is 12.8. The first kappa shape index (κ1) is 45.8. The van der Waals surface area contributed by atoms with E-state index in [0.29, 0.717) is 29.8 Å². The summed E-state index contributed by atoms with van der Waals surface area (Å²) < 4.78 is 55.0. The second kappa shape index (κ2) is 19.8. The van der Waals surface area contributed by atoms with Gasteiger partial charge in [0.15, 0.2) is 0 Å². The minimum Gasteiger partial charge on any atom is -0.492 e. The molecule has 0 atom stereocenters. The van der Waals surface area contributed by atoms with Crippen LogP contribution in [-0.4, -0.2) is 71.4 Å². The molecular formula is C47H46F3N3O9. The summed E-state index contributed by atoms with van der Waals surface area (Å²) in [6.07, 6.45) is -4.43. The molecule has 0 aliphatic rings. The molecule has 0 unspecified atom stereocenters. The summed E-state index contributed by atoms with van der Waals surface area (Å²) in [5, 5.41) is 30.3. The smallest absolute Gasteiger partial charge is 0.416 e. The highest BCUT2D eigenvalue weighted by molar-refractivity contribution is 6.09. The lowest BCUT2D eigenvalue weighted by molar-refractivity contribution is -0.143. The van der Waals surface area contributed by atoms with E-state index in [2.05, 4.69) is 16.0 Å². The van der Waals surface area contributed by atoms with Gasteiger partial charge in [-0.25, -0.2) is 9.59 Å². The quantitative estimate of drug-likeness (QED) is 0.0593. The number of carbonyl (C=O) groups excluding carboxylic acids is 2. The van der Waals surface area contributed by atoms with Crippen LogP contribution in [0, 0.1) is 0 Å². The van der Waals surface area contributed by atoms with Gasteiger partial charge in [-0.1, -0.05) is 78.9 Å². The average Bonchev–Trinajstić information content (AvgIpc) is 3.23. The number of carboxylic acid groups (broad SMARTS) is 2. The number of fused-ring (bicyclic) bond motifs is 2. The topological polar surface area (TPSA) is 173 Å². The van der Waals surface area contributed by atoms with Crippen LogP contribution in [-0.2, 0) is 15.8 Å². The lowest BCUT2D eigenvalue weighted by atomic mass is 10.0. The highest BCUT2D eigenvalue weighted by atomic mass is 19.4. The summed E-state index contributed by atoms with van der Waals surface area (Å²) in [4.78, 5) is 48.4. The summed E-state index contributed by atoms with van der Waals surface area (Å²) in [6.45, 7) is 6.54. The van der Waals surface area contributed by atoms with Crippen LogP contribution in [0.3, 0.4) is 0 Å². The van der Waals surface area contributed by atoms with Gasteiger partial charge < -0.3 is 40.4 Å². The van der Waals surface area contributed by atoms with Crippen molar-refractivity contribution >= 4 is 51.0 Å². The number of aliphatic carboxylic acids is 2. The third-order valence-electron chi connectivity index (χ3n) is 9.42. The van der Waals surface area contributed by atoms with Gasteiger partial charge in [0.2, 0.25) is 0 Å². The first-order valence-corrected chi connectivity index (χ1v) is 19.4. The second-order valence-corrected chi connectivity index (χ2v) is 14.9. The molecule has 15 heteroatoms. The van der Waals surface area contributed by atoms with E-state index in [-0.39, 0.29) is 30.3 Å². The molecule has 0 fully saturated rings. The summed E-state index contributed by atoms with van der Waals surface area (Å²) >= 11 is 0. The molecule has 6 rings (SSSR count). The number of nitrogens with one attached hydrogen (secondary N) is 3. The molecule has 2 amide bonds. The molecule has 0 heterocycles. The predicted molar refractivity (Wildman–Crippen MR) is 229 cm³/mol. The summed E-state index contributed by atoms with van der Waals surface area (Å²) in [6, 6.07) is 35.5. The highest BCUT2D eigenvalue weighted by Crippen LogP contribution is 2.32. The van der Waals surface area contributed by atoms with Crippen molar-refractivity contribution in [2.75, 3.05) is 31.7 Å². The first-order valence-electron chi connectivity index (χ1n) is 19.4. The molecule has 0 radical (unpaired) electrons. The number of hydrogen-bond donors (Lipinski definition) is 5. The molecule has 0 bridgehead atoms. The Morgan fingerprint density at radius 3 is 1.58 bits per heavy atom. The Morgan fingerprint density at radius 2 is 1.00 bits per heavy atom. The van der Waals surface area contributed by atoms with Crippen LogP contribution in [0.5, 0.6) is 17.2 Å². The molecule has 6 aromatic rings. The zero-order chi connectivity index (χ0) is 45.1. The van der Waals surface area contributed by atoms with Crippen LogP contribution in [0.15, 0.2) is 127 Å². The van der Waals surface area contributed by atoms with Crippen molar-refractivity contribution in [3.63, 3.8) is 0 Å². The van der Waals surface area contributed by atoms with Gasteiger partial charge in [0.25, 0.3) is 11.8 Å². The fourth-order valence-corrected chi connectivity index (χ4v) is 5.94. The third kappa shape index (κ3) is 11.9. The van der Waals surface area contributed by atoms with E-state index in [4.69, 9.17) is 14.2 Å². The standard InChI is InChI=1S/C24H22F3NO5.C23H24N2O4/c1-23(2,22(30)31)28-21(29)19-12-7-15-5-3-4-6-18(15)20(19)33-14-13-32-17-10-8-16(9-11-17)24(25,26)27;1-23(2,22(27)28)25-21(26)19-13-12-16-8-6-7-11-18(16)20(19)24-14-15-29-17-9-4-3-5-10-17/h3-12H,13-14H2,1-2H3,(H,28,29)(H,30,31);3-13,24H,14-15H2,1-2H3,(H,25,26)(H,27,28). The number of para-hydroxylation sites is 1. The number of carboxylic acids is 2. The zero-order valence-corrected chi connectivity index (χ0v) is 34.3. The fourth-order valence-electron chi connectivity index (χ4n) is 5.94. The molecule has 0 aliphatic heterocycles. The lowest BCUT2D eigenvalue weighted by Gasteiger charge is -2.22. The van der Waals surface area contributed by atoms with E-state index in [1.165, 1.54) is 39.8 Å². The maximum absolute atomic E-state index is 12.8. The Bertz CT molecular complexity index is 2530. The maximum Gasteiger partial charge on any atom is 0.416 e. The molecular weight excluding hydrogens is 808 g/mol. The van der Waals surface area contributed by atoms with Crippen LogP contribution in [0.1, 0.15) is 54.0 Å². The number of hydrogen-bond acceptors (Lipinski definition) is 8. The number of alkyl halides is 3. The minimum atomic E-state index is -4.43. The van der Waals surface area contributed by atoms with Crippen molar-refractivity contribution in [1.29, 1.82) is 0 Å². The van der Waals surface area contributed by atoms with Crippen LogP contribution >= 0.6 is 0 Å². The molecule has 12 nitrogen and oxygen atoms in total. The Hall–Kier alpha value is -7.29. The average molecular weight is 854 g/mol. The molecule has 0 saturated carbocycles. The predicted octanol–water partition coefficient (Wildman–Crippen LogP) is 8.83. The van der Waals surface area contributed by atoms with Gasteiger partial charge in [-0.3, -0.25) is 9.59 Å². The number of ether oxygens (including phenoxy) is 3. The van der Waals surface area contributed by atoms with E-state index in [0.717, 1.165) is 34.0 Å². The molecule has 0 spiro atoms. The summed E-state index contributed by atoms with van der Waals surface area (Å²) in [7, 11) is 0. The van der Waals surface area contributed by atoms with Gasteiger partial charge in [-0.15, -0.1) is 0 Å².